The third-order valence-corrected chi connectivity index (χ3v) is 2.85. The maximum absolute atomic E-state index is 12.3. The van der Waals surface area contributed by atoms with E-state index in [4.69, 9.17) is 23.2 Å². The number of ether oxygens (including phenoxy) is 1. The maximum atomic E-state index is 12.3. The molecule has 0 amide bonds. The van der Waals surface area contributed by atoms with Crippen molar-refractivity contribution in [3.63, 3.8) is 0 Å². The van der Waals surface area contributed by atoms with Crippen LogP contribution >= 0.6 is 23.2 Å². The number of hydrogen-bond donors (Lipinski definition) is 0. The van der Waals surface area contributed by atoms with E-state index < -0.39 is 28.6 Å². The molecule has 2 atom stereocenters. The van der Waals surface area contributed by atoms with Crippen LogP contribution in [0.15, 0.2) is 4.99 Å². The molecule has 0 N–H and O–H groups in total. The average molecular weight is 264 g/mol. The summed E-state index contributed by atoms with van der Waals surface area (Å²) < 4.78 is 41.7. The van der Waals surface area contributed by atoms with Crippen LogP contribution in [-0.4, -0.2) is 28.6 Å². The quantitative estimate of drug-likeness (QED) is 0.701. The van der Waals surface area contributed by atoms with Crippen molar-refractivity contribution < 1.29 is 17.9 Å². The van der Waals surface area contributed by atoms with Crippen molar-refractivity contribution in [3.05, 3.63) is 0 Å². The van der Waals surface area contributed by atoms with Crippen LogP contribution in [-0.2, 0) is 4.74 Å². The highest BCUT2D eigenvalue weighted by atomic mass is 35.5. The second kappa shape index (κ2) is 4.01. The molecule has 0 aromatic carbocycles. The van der Waals surface area contributed by atoms with Crippen molar-refractivity contribution in [2.24, 2.45) is 4.99 Å². The van der Waals surface area contributed by atoms with Gasteiger partial charge in [0.2, 0.25) is 0 Å². The Morgan fingerprint density at radius 3 is 2.33 bits per heavy atom. The lowest BCUT2D eigenvalue weighted by molar-refractivity contribution is -0.0792. The number of nitrogens with zero attached hydrogens (tertiary/aromatic N) is 1. The highest BCUT2D eigenvalue weighted by Gasteiger charge is 2.52. The lowest BCUT2D eigenvalue weighted by atomic mass is 9.94. The van der Waals surface area contributed by atoms with Crippen LogP contribution in [0.25, 0.3) is 0 Å². The second-order valence-corrected chi connectivity index (χ2v) is 4.66. The fourth-order valence-electron chi connectivity index (χ4n) is 1.30. The minimum Gasteiger partial charge on any atom is -0.466 e. The van der Waals surface area contributed by atoms with Crippen molar-refractivity contribution >= 4 is 29.1 Å². The molecular formula is C8H10Cl2F3NO. The van der Waals surface area contributed by atoms with Gasteiger partial charge in [0, 0.05) is 0 Å². The van der Waals surface area contributed by atoms with Gasteiger partial charge in [0.05, 0.1) is 0 Å². The van der Waals surface area contributed by atoms with E-state index in [-0.39, 0.29) is 0 Å². The zero-order chi connectivity index (χ0) is 11.9. The molecule has 0 fully saturated rings. The summed E-state index contributed by atoms with van der Waals surface area (Å²) in [6, 6.07) is 0. The SMILES string of the molecule is CCC1(C)N=C(C(F)(F)F)OC1C(Cl)Cl. The number of rotatable bonds is 2. The van der Waals surface area contributed by atoms with E-state index >= 15 is 0 Å². The number of hydrogen-bond acceptors (Lipinski definition) is 2. The molecule has 1 rings (SSSR count). The molecule has 0 saturated carbocycles. The van der Waals surface area contributed by atoms with Crippen molar-refractivity contribution in [3.8, 4) is 0 Å². The normalized spacial score (nSPS) is 31.7. The molecule has 7 heteroatoms. The molecule has 0 bridgehead atoms. The molecule has 2 nitrogen and oxygen atoms in total. The summed E-state index contributed by atoms with van der Waals surface area (Å²) in [7, 11) is 0. The van der Waals surface area contributed by atoms with E-state index in [9.17, 15) is 13.2 Å². The predicted molar refractivity (Wildman–Crippen MR) is 52.6 cm³/mol. The first-order valence-electron chi connectivity index (χ1n) is 4.32. The molecule has 0 aromatic rings. The fourth-order valence-corrected chi connectivity index (χ4v) is 1.95. The molecule has 1 aliphatic rings. The molecule has 2 unspecified atom stereocenters. The van der Waals surface area contributed by atoms with Gasteiger partial charge in [-0.25, -0.2) is 4.99 Å². The van der Waals surface area contributed by atoms with Crippen LogP contribution < -0.4 is 0 Å². The summed E-state index contributed by atoms with van der Waals surface area (Å²) in [6.45, 7) is 3.24. The Balaban J connectivity index is 2.97. The van der Waals surface area contributed by atoms with Crippen LogP contribution in [0, 0.1) is 0 Å². The first kappa shape index (κ1) is 12.9. The first-order valence-corrected chi connectivity index (χ1v) is 5.20. The Bertz CT molecular complexity index is 280. The molecule has 0 aromatic heterocycles. The topological polar surface area (TPSA) is 21.6 Å². The Morgan fingerprint density at radius 1 is 1.53 bits per heavy atom. The molecule has 0 spiro atoms. The Hall–Kier alpha value is -0.160. The van der Waals surface area contributed by atoms with Crippen LogP contribution in [0.5, 0.6) is 0 Å². The third kappa shape index (κ3) is 2.50. The van der Waals surface area contributed by atoms with Crippen molar-refractivity contribution in [2.75, 3.05) is 0 Å². The van der Waals surface area contributed by atoms with Gasteiger partial charge in [-0.15, -0.1) is 23.2 Å². The smallest absolute Gasteiger partial charge is 0.466 e. The first-order chi connectivity index (χ1) is 6.70. The van der Waals surface area contributed by atoms with Gasteiger partial charge in [0.25, 0.3) is 5.90 Å². The standard InChI is InChI=1S/C8H10Cl2F3NO/c1-3-7(2)4(5(9)10)15-6(14-7)8(11,12)13/h4-5H,3H2,1-2H3. The highest BCUT2D eigenvalue weighted by Crippen LogP contribution is 2.38. The predicted octanol–water partition coefficient (Wildman–Crippen LogP) is 3.32. The Morgan fingerprint density at radius 2 is 2.07 bits per heavy atom. The third-order valence-electron chi connectivity index (χ3n) is 2.40. The maximum Gasteiger partial charge on any atom is 0.468 e. The summed E-state index contributed by atoms with van der Waals surface area (Å²) in [6.07, 6.45) is -5.18. The molecule has 1 heterocycles. The van der Waals surface area contributed by atoms with E-state index in [0.717, 1.165) is 0 Å². The fraction of sp³-hybridized carbons (Fsp3) is 0.875. The van der Waals surface area contributed by atoms with E-state index in [0.29, 0.717) is 6.42 Å². The molecule has 1 aliphatic heterocycles. The summed E-state index contributed by atoms with van der Waals surface area (Å²) in [5.74, 6) is -1.25. The minimum absolute atomic E-state index is 0.368. The number of aliphatic imine (C=N–C) groups is 1. The lowest BCUT2D eigenvalue weighted by Crippen LogP contribution is -2.39. The minimum atomic E-state index is -4.59. The van der Waals surface area contributed by atoms with Crippen LogP contribution in [0.1, 0.15) is 20.3 Å². The van der Waals surface area contributed by atoms with Gasteiger partial charge < -0.3 is 4.74 Å². The van der Waals surface area contributed by atoms with E-state index in [1.807, 2.05) is 0 Å². The molecular weight excluding hydrogens is 254 g/mol. The van der Waals surface area contributed by atoms with Gasteiger partial charge in [0.15, 0.2) is 6.10 Å². The summed E-state index contributed by atoms with van der Waals surface area (Å²) in [5.41, 5.74) is -1.01. The molecule has 0 saturated heterocycles. The molecule has 0 radical (unpaired) electrons. The lowest BCUT2D eigenvalue weighted by Gasteiger charge is -2.26. The molecule has 88 valence electrons. The van der Waals surface area contributed by atoms with E-state index in [1.54, 1.807) is 6.92 Å². The van der Waals surface area contributed by atoms with Gasteiger partial charge in [-0.1, -0.05) is 6.92 Å². The monoisotopic (exact) mass is 263 g/mol. The van der Waals surface area contributed by atoms with Crippen molar-refractivity contribution in [1.82, 2.24) is 0 Å². The van der Waals surface area contributed by atoms with E-state index in [1.165, 1.54) is 6.92 Å². The highest BCUT2D eigenvalue weighted by molar-refractivity contribution is 6.44. The van der Waals surface area contributed by atoms with E-state index in [2.05, 4.69) is 9.73 Å². The largest absolute Gasteiger partial charge is 0.468 e. The number of halogens is 5. The summed E-state index contributed by atoms with van der Waals surface area (Å²) in [4.78, 5) is 2.47. The summed E-state index contributed by atoms with van der Waals surface area (Å²) in [5, 5.41) is 0. The van der Waals surface area contributed by atoms with Gasteiger partial charge in [-0.3, -0.25) is 0 Å². The van der Waals surface area contributed by atoms with Crippen LogP contribution in [0.2, 0.25) is 0 Å². The zero-order valence-electron chi connectivity index (χ0n) is 8.11. The summed E-state index contributed by atoms with van der Waals surface area (Å²) >= 11 is 11.1. The van der Waals surface area contributed by atoms with Gasteiger partial charge in [-0.2, -0.15) is 13.2 Å². The van der Waals surface area contributed by atoms with Crippen molar-refractivity contribution in [1.29, 1.82) is 0 Å². The van der Waals surface area contributed by atoms with Crippen LogP contribution in [0.4, 0.5) is 13.2 Å². The Labute approximate surface area is 95.4 Å². The second-order valence-electron chi connectivity index (χ2n) is 3.50. The van der Waals surface area contributed by atoms with Gasteiger partial charge in [-0.05, 0) is 13.3 Å². The molecule has 0 aliphatic carbocycles. The number of alkyl halides is 5. The average Bonchev–Trinajstić information content (AvgIpc) is 2.43. The molecule has 15 heavy (non-hydrogen) atoms. The van der Waals surface area contributed by atoms with Gasteiger partial charge >= 0.3 is 6.18 Å². The van der Waals surface area contributed by atoms with Gasteiger partial charge in [0.1, 0.15) is 10.4 Å². The van der Waals surface area contributed by atoms with Crippen molar-refractivity contribution in [2.45, 2.75) is 42.9 Å². The Kier molecular flexibility index (Phi) is 3.45. The van der Waals surface area contributed by atoms with Crippen LogP contribution in [0.3, 0.4) is 0 Å². The zero-order valence-corrected chi connectivity index (χ0v) is 9.62.